The molecule has 0 aliphatic rings. The highest BCUT2D eigenvalue weighted by Gasteiger charge is 2.19. The van der Waals surface area contributed by atoms with Gasteiger partial charge in [0.15, 0.2) is 5.11 Å². The molecular formula is C20H21BrN4O5S. The lowest BCUT2D eigenvalue weighted by molar-refractivity contribution is -0.385. The van der Waals surface area contributed by atoms with Crippen molar-refractivity contribution in [1.82, 2.24) is 16.2 Å². The van der Waals surface area contributed by atoms with Gasteiger partial charge in [-0.2, -0.15) is 0 Å². The first-order chi connectivity index (χ1) is 14.7. The molecule has 11 heteroatoms. The van der Waals surface area contributed by atoms with Crippen molar-refractivity contribution in [3.05, 3.63) is 68.2 Å². The first-order valence-corrected chi connectivity index (χ1v) is 10.5. The Morgan fingerprint density at radius 2 is 1.87 bits per heavy atom. The number of nitrogens with zero attached hydrogens (tertiary/aromatic N) is 1. The van der Waals surface area contributed by atoms with Crippen molar-refractivity contribution in [3.8, 4) is 5.75 Å². The molecule has 0 saturated carbocycles. The zero-order valence-corrected chi connectivity index (χ0v) is 19.2. The Balaban J connectivity index is 1.91. The van der Waals surface area contributed by atoms with Crippen molar-refractivity contribution in [2.24, 2.45) is 5.92 Å². The van der Waals surface area contributed by atoms with Crippen molar-refractivity contribution in [2.45, 2.75) is 20.3 Å². The van der Waals surface area contributed by atoms with Crippen molar-refractivity contribution >= 4 is 50.8 Å². The molecule has 0 aromatic heterocycles. The summed E-state index contributed by atoms with van der Waals surface area (Å²) in [5.74, 6) is -0.137. The van der Waals surface area contributed by atoms with E-state index in [0.717, 1.165) is 6.42 Å². The number of para-hydroxylation sites is 1. The van der Waals surface area contributed by atoms with Crippen LogP contribution < -0.4 is 20.9 Å². The lowest BCUT2D eigenvalue weighted by atomic mass is 10.1. The first kappa shape index (κ1) is 24.2. The molecule has 0 heterocycles. The lowest BCUT2D eigenvalue weighted by Crippen LogP contribution is -2.48. The largest absolute Gasteiger partial charge is 0.492 e. The Labute approximate surface area is 192 Å². The second kappa shape index (κ2) is 11.4. The number of thiocarbonyl (C=S) groups is 1. The van der Waals surface area contributed by atoms with Crippen LogP contribution in [0.2, 0.25) is 0 Å². The van der Waals surface area contributed by atoms with E-state index in [-0.39, 0.29) is 16.4 Å². The van der Waals surface area contributed by atoms with E-state index in [1.807, 2.05) is 0 Å². The minimum Gasteiger partial charge on any atom is -0.492 e. The molecule has 0 aliphatic carbocycles. The summed E-state index contributed by atoms with van der Waals surface area (Å²) in [6.07, 6.45) is 0.909. The van der Waals surface area contributed by atoms with Crippen LogP contribution in [0.1, 0.15) is 41.0 Å². The normalized spacial score (nSPS) is 10.3. The fourth-order valence-corrected chi connectivity index (χ4v) is 3.01. The molecule has 0 unspecified atom stereocenters. The van der Waals surface area contributed by atoms with Gasteiger partial charge < -0.3 is 4.74 Å². The number of nitro benzene ring substituents is 1. The fourth-order valence-electron chi connectivity index (χ4n) is 2.38. The Bertz CT molecular complexity index is 999. The molecular weight excluding hydrogens is 488 g/mol. The molecule has 0 bridgehead atoms. The van der Waals surface area contributed by atoms with Crippen molar-refractivity contribution in [3.63, 3.8) is 0 Å². The molecule has 0 radical (unpaired) electrons. The third kappa shape index (κ3) is 7.30. The minimum atomic E-state index is -0.769. The van der Waals surface area contributed by atoms with Gasteiger partial charge in [0.1, 0.15) is 11.3 Å². The van der Waals surface area contributed by atoms with Gasteiger partial charge in [-0.25, -0.2) is 0 Å². The number of ether oxygens (including phenoxy) is 1. The molecule has 0 spiro atoms. The standard InChI is InChI=1S/C20H21BrN4O5S/c1-12(2)9-10-30-17-8-7-13(11-15(17)21)18(26)22-20(31)24-23-19(27)14-5-3-4-6-16(14)25(28)29/h3-8,11-12H,9-10H2,1-2H3,(H,23,27)(H2,22,24,26,31). The molecule has 0 atom stereocenters. The van der Waals surface area contributed by atoms with E-state index in [1.54, 1.807) is 18.2 Å². The number of nitrogens with one attached hydrogen (secondary N) is 3. The third-order valence-electron chi connectivity index (χ3n) is 4.01. The van der Waals surface area contributed by atoms with Crippen LogP contribution in [-0.2, 0) is 0 Å². The summed E-state index contributed by atoms with van der Waals surface area (Å²) >= 11 is 8.37. The van der Waals surface area contributed by atoms with Gasteiger partial charge in [0.05, 0.1) is 16.0 Å². The number of benzene rings is 2. The Morgan fingerprint density at radius 1 is 1.16 bits per heavy atom. The first-order valence-electron chi connectivity index (χ1n) is 9.26. The van der Waals surface area contributed by atoms with Crippen LogP contribution in [-0.4, -0.2) is 28.5 Å². The predicted octanol–water partition coefficient (Wildman–Crippen LogP) is 3.73. The summed E-state index contributed by atoms with van der Waals surface area (Å²) in [4.78, 5) is 34.9. The molecule has 2 amide bonds. The molecule has 9 nitrogen and oxygen atoms in total. The molecule has 2 rings (SSSR count). The highest BCUT2D eigenvalue weighted by Crippen LogP contribution is 2.26. The number of hydrazine groups is 1. The summed E-state index contributed by atoms with van der Waals surface area (Å²) in [6, 6.07) is 10.3. The number of carbonyl (C=O) groups is 2. The van der Waals surface area contributed by atoms with Crippen LogP contribution in [0.3, 0.4) is 0 Å². The number of nitro groups is 1. The summed E-state index contributed by atoms with van der Waals surface area (Å²) in [6.45, 7) is 4.77. The Hall–Kier alpha value is -3.05. The number of carbonyl (C=O) groups excluding carboxylic acids is 2. The van der Waals surface area contributed by atoms with E-state index in [9.17, 15) is 19.7 Å². The predicted molar refractivity (Wildman–Crippen MR) is 123 cm³/mol. The highest BCUT2D eigenvalue weighted by molar-refractivity contribution is 9.10. The average Bonchev–Trinajstić information content (AvgIpc) is 2.72. The second-order valence-electron chi connectivity index (χ2n) is 6.81. The summed E-state index contributed by atoms with van der Waals surface area (Å²) in [5, 5.41) is 13.3. The maximum atomic E-state index is 12.4. The molecule has 164 valence electrons. The molecule has 3 N–H and O–H groups in total. The van der Waals surface area contributed by atoms with E-state index in [0.29, 0.717) is 28.3 Å². The zero-order valence-electron chi connectivity index (χ0n) is 16.8. The smallest absolute Gasteiger partial charge is 0.282 e. The van der Waals surface area contributed by atoms with Gasteiger partial charge >= 0.3 is 0 Å². The monoisotopic (exact) mass is 508 g/mol. The maximum absolute atomic E-state index is 12.4. The Morgan fingerprint density at radius 3 is 2.52 bits per heavy atom. The maximum Gasteiger partial charge on any atom is 0.282 e. The van der Waals surface area contributed by atoms with Gasteiger partial charge in [0.25, 0.3) is 17.5 Å². The third-order valence-corrected chi connectivity index (χ3v) is 4.83. The SMILES string of the molecule is CC(C)CCOc1ccc(C(=O)NC(=S)NNC(=O)c2ccccc2[N+](=O)[O-])cc1Br. The topological polar surface area (TPSA) is 123 Å². The van der Waals surface area contributed by atoms with Gasteiger partial charge in [0, 0.05) is 11.6 Å². The van der Waals surface area contributed by atoms with Crippen LogP contribution in [0.25, 0.3) is 0 Å². The number of hydrogen-bond acceptors (Lipinski definition) is 6. The molecule has 0 saturated heterocycles. The van der Waals surface area contributed by atoms with E-state index in [4.69, 9.17) is 17.0 Å². The van der Waals surface area contributed by atoms with Crippen LogP contribution in [0.4, 0.5) is 5.69 Å². The van der Waals surface area contributed by atoms with E-state index in [1.165, 1.54) is 24.3 Å². The number of halogens is 1. The average molecular weight is 509 g/mol. The van der Waals surface area contributed by atoms with Crippen LogP contribution in [0.15, 0.2) is 46.9 Å². The molecule has 0 aliphatic heterocycles. The van der Waals surface area contributed by atoms with Crippen molar-refractivity contribution in [2.75, 3.05) is 6.61 Å². The lowest BCUT2D eigenvalue weighted by Gasteiger charge is -2.12. The molecule has 31 heavy (non-hydrogen) atoms. The number of rotatable bonds is 7. The van der Waals surface area contributed by atoms with E-state index < -0.39 is 16.7 Å². The summed E-state index contributed by atoms with van der Waals surface area (Å²) in [7, 11) is 0. The van der Waals surface area contributed by atoms with Gasteiger partial charge in [-0.05, 0) is 64.8 Å². The Kier molecular flexibility index (Phi) is 8.88. The number of amides is 2. The fraction of sp³-hybridized carbons (Fsp3) is 0.250. The van der Waals surface area contributed by atoms with Crippen molar-refractivity contribution in [1.29, 1.82) is 0 Å². The van der Waals surface area contributed by atoms with Crippen LogP contribution in [0, 0.1) is 16.0 Å². The van der Waals surface area contributed by atoms with Gasteiger partial charge in [-0.1, -0.05) is 26.0 Å². The van der Waals surface area contributed by atoms with Crippen LogP contribution >= 0.6 is 28.1 Å². The van der Waals surface area contributed by atoms with E-state index >= 15 is 0 Å². The van der Waals surface area contributed by atoms with Gasteiger partial charge in [0.2, 0.25) is 0 Å². The summed E-state index contributed by atoms with van der Waals surface area (Å²) in [5.41, 5.74) is 4.40. The van der Waals surface area contributed by atoms with Crippen molar-refractivity contribution < 1.29 is 19.2 Å². The zero-order chi connectivity index (χ0) is 23.0. The molecule has 0 fully saturated rings. The minimum absolute atomic E-state index is 0.147. The molecule has 2 aromatic rings. The summed E-state index contributed by atoms with van der Waals surface area (Å²) < 4.78 is 6.30. The molecule has 2 aromatic carbocycles. The van der Waals surface area contributed by atoms with Gasteiger partial charge in [-0.15, -0.1) is 0 Å². The van der Waals surface area contributed by atoms with Crippen LogP contribution in [0.5, 0.6) is 5.75 Å². The van der Waals surface area contributed by atoms with Gasteiger partial charge in [-0.3, -0.25) is 35.9 Å². The quantitative estimate of drug-likeness (QED) is 0.295. The highest BCUT2D eigenvalue weighted by atomic mass is 79.9. The van der Waals surface area contributed by atoms with E-state index in [2.05, 4.69) is 45.9 Å². The second-order valence-corrected chi connectivity index (χ2v) is 8.08. The number of hydrogen-bond donors (Lipinski definition) is 3.